The summed E-state index contributed by atoms with van der Waals surface area (Å²) in [5, 5.41) is 16.9. The number of aliphatic hydroxyl groups is 1. The molecule has 0 spiro atoms. The summed E-state index contributed by atoms with van der Waals surface area (Å²) in [5.74, 6) is 0.335. The van der Waals surface area contributed by atoms with Gasteiger partial charge >= 0.3 is 18.1 Å². The number of aliphatic carboxylic acids is 1. The monoisotopic (exact) mass is 1570 g/mol. The highest BCUT2D eigenvalue weighted by molar-refractivity contribution is 7.85. The number of phosphoric ester groups is 1. The van der Waals surface area contributed by atoms with Crippen LogP contribution in [0.2, 0.25) is 0 Å². The zero-order valence-electron chi connectivity index (χ0n) is 65.7. The van der Waals surface area contributed by atoms with Gasteiger partial charge in [-0.1, -0.05) is 220 Å². The van der Waals surface area contributed by atoms with E-state index in [9.17, 15) is 45.2 Å². The molecule has 2 unspecified atom stereocenters. The Labute approximate surface area is 645 Å². The summed E-state index contributed by atoms with van der Waals surface area (Å²) in [5.41, 5.74) is 20.5. The second-order valence-corrected chi connectivity index (χ2v) is 29.5. The number of halogens is 4. The van der Waals surface area contributed by atoms with E-state index in [4.69, 9.17) is 46.5 Å². The number of carboxylic acids is 1. The van der Waals surface area contributed by atoms with Gasteiger partial charge in [0, 0.05) is 26.0 Å². The van der Waals surface area contributed by atoms with E-state index in [-0.39, 0.29) is 43.1 Å². The number of carbonyl (C=O) groups excluding carboxylic acids is 1. The molecule has 0 amide bonds. The predicted molar refractivity (Wildman–Crippen MR) is 423 cm³/mol. The van der Waals surface area contributed by atoms with Crippen LogP contribution in [0, 0.1) is 55.4 Å². The third-order valence-electron chi connectivity index (χ3n) is 14.1. The lowest BCUT2D eigenvalue weighted by atomic mass is 10.1. The minimum atomic E-state index is -4.47. The molecule has 1 aliphatic rings. The van der Waals surface area contributed by atoms with Crippen LogP contribution in [0.4, 0.5) is 13.2 Å². The first-order valence-corrected chi connectivity index (χ1v) is 38.5. The molecule has 1 aliphatic heterocycles. The van der Waals surface area contributed by atoms with Gasteiger partial charge in [-0.25, -0.2) is 8.42 Å². The maximum Gasteiger partial charge on any atom is 0.422 e. The SMILES string of the molecule is CCOP(=O)([O-])OC[N+](C)(C)C.CC[N+](C)(C)CS(=O)(=O)[O-].COCCOc1ccc(C)cc1.Cc1ccc(CC(=O)O)cc1.Cc1ccc(CC(=O)OCC(F)(F)F)cc1.Cc1ccc(CC2CO2)cc1.Cc1ccc(CCl)cc1.Cc1ccc(CN)cc1.Cc1ccc(OCCO)cc1.Cc1ccccc1. The van der Waals surface area contributed by atoms with E-state index in [0.717, 1.165) is 41.2 Å². The van der Waals surface area contributed by atoms with Crippen molar-refractivity contribution in [2.75, 3.05) is 108 Å². The van der Waals surface area contributed by atoms with Crippen molar-refractivity contribution in [3.8, 4) is 11.5 Å². The van der Waals surface area contributed by atoms with Gasteiger partial charge in [0.1, 0.15) is 34.8 Å². The number of aryl methyl sites for hydroxylation is 8. The van der Waals surface area contributed by atoms with Gasteiger partial charge in [0.2, 0.25) is 0 Å². The van der Waals surface area contributed by atoms with Crippen LogP contribution < -0.4 is 20.1 Å². The number of benzene rings is 8. The Morgan fingerprint density at radius 1 is 0.583 bits per heavy atom. The Morgan fingerprint density at radius 2 is 0.954 bits per heavy atom. The van der Waals surface area contributed by atoms with Gasteiger partial charge in [-0.2, -0.15) is 13.2 Å². The van der Waals surface area contributed by atoms with Crippen LogP contribution in [0.3, 0.4) is 0 Å². The first-order valence-electron chi connectivity index (χ1n) is 34.9. The van der Waals surface area contributed by atoms with Gasteiger partial charge in [0.15, 0.2) is 19.2 Å². The van der Waals surface area contributed by atoms with Gasteiger partial charge in [-0.3, -0.25) is 18.7 Å². The molecule has 8 aromatic rings. The molecule has 0 aromatic heterocycles. The second kappa shape index (κ2) is 55.5. The van der Waals surface area contributed by atoms with Crippen LogP contribution in [0.25, 0.3) is 0 Å². The Hall–Kier alpha value is -7.84. The number of methoxy groups -OCH3 is 1. The van der Waals surface area contributed by atoms with Crippen LogP contribution in [0.1, 0.15) is 86.2 Å². The number of nitrogens with zero attached hydrogens (tertiary/aromatic N) is 2. The highest BCUT2D eigenvalue weighted by Gasteiger charge is 2.29. The molecular formula is C83H116ClF3N3O16PS. The lowest BCUT2D eigenvalue weighted by Crippen LogP contribution is -2.43. The predicted octanol–water partition coefficient (Wildman–Crippen LogP) is 15.5. The van der Waals surface area contributed by atoms with Gasteiger partial charge in [-0.15, -0.1) is 11.6 Å². The highest BCUT2D eigenvalue weighted by atomic mass is 35.5. The smallest absolute Gasteiger partial charge is 0.422 e. The third-order valence-corrected chi connectivity index (χ3v) is 16.4. The number of carbonyl (C=O) groups is 2. The van der Waals surface area contributed by atoms with Crippen molar-refractivity contribution in [3.05, 3.63) is 273 Å². The van der Waals surface area contributed by atoms with Gasteiger partial charge in [0.05, 0.1) is 87.2 Å². The first-order chi connectivity index (χ1) is 50.6. The van der Waals surface area contributed by atoms with E-state index in [2.05, 4.69) is 121 Å². The molecule has 1 fully saturated rings. The van der Waals surface area contributed by atoms with Crippen molar-refractivity contribution in [1.29, 1.82) is 0 Å². The quantitative estimate of drug-likeness (QED) is 0.00742. The Morgan fingerprint density at radius 3 is 1.26 bits per heavy atom. The molecule has 108 heavy (non-hydrogen) atoms. The topological polar surface area (TPSA) is 266 Å². The summed E-state index contributed by atoms with van der Waals surface area (Å²) in [4.78, 5) is 32.1. The standard InChI is InChI=1S/C11H11F3O2.C10H14O2.C10H12O.C9H12O2.C9H10O2.C8H9Cl.C8H11N.C7H8.C6H16NO4P.C5H13NO3S/c1-8-2-4-9(5-3-8)6-10(15)16-7-11(12,13)14;1-9-3-5-10(6-4-9)12-8-7-11-2;1-8-2-4-9(5-3-8)6-10-7-11-10;1-8-2-4-9(5-3-8)11-7-6-10;1-7-2-4-8(5-3-7)6-9(10)11;2*1-7-2-4-8(6-9)5-3-7;1-7-5-3-2-4-6-7;1-5-10-12(8,9)11-6-7(2,3)4;1-4-6(2,3)5-10(7,8)9/h2-5H,6-7H2,1H3;3-6H,7-8H2,1-2H3;2*2-5,10H,6-7H2,1H3;2-5H,6H2,1H3,(H,10,11);2-5H,6H2,1H3;2-5H,6,9H2,1H3;2-6H,1H3;5-6H2,1-4H3;4-5H2,1-3H3. The minimum Gasteiger partial charge on any atom is -0.756 e. The molecule has 0 bridgehead atoms. The summed E-state index contributed by atoms with van der Waals surface area (Å²) in [6.07, 6.45) is -2.91. The summed E-state index contributed by atoms with van der Waals surface area (Å²) in [6, 6.07) is 65.6. The number of nitrogens with two attached hydrogens (primary N) is 1. The Kier molecular flexibility index (Phi) is 51.5. The fourth-order valence-corrected chi connectivity index (χ4v) is 9.80. The van der Waals surface area contributed by atoms with Crippen LogP contribution in [-0.4, -0.2) is 164 Å². The molecule has 9 rings (SSSR count). The molecule has 598 valence electrons. The Balaban J connectivity index is 0.00000118. The molecule has 0 radical (unpaired) electrons. The number of rotatable bonds is 24. The molecule has 2 atom stereocenters. The number of aliphatic hydroxyl groups excluding tert-OH is 1. The zero-order chi connectivity index (χ0) is 81.8. The molecular weight excluding hydrogens is 1450 g/mol. The number of alkyl halides is 4. The first kappa shape index (κ1) is 100. The number of epoxide rings is 1. The summed E-state index contributed by atoms with van der Waals surface area (Å²) < 4.78 is 111. The fraction of sp³-hybridized carbons (Fsp3) is 0.398. The Bertz CT molecular complexity index is 3750. The average Bonchev–Trinajstić information content (AvgIpc) is 1.82. The van der Waals surface area contributed by atoms with Crippen molar-refractivity contribution in [2.45, 2.75) is 113 Å². The van der Waals surface area contributed by atoms with Crippen LogP contribution in [0.5, 0.6) is 11.5 Å². The largest absolute Gasteiger partial charge is 0.756 e. The molecule has 0 aliphatic carbocycles. The van der Waals surface area contributed by atoms with E-state index in [1.807, 2.05) is 152 Å². The van der Waals surface area contributed by atoms with Gasteiger partial charge in [-0.05, 0) is 121 Å². The number of esters is 1. The molecule has 19 nitrogen and oxygen atoms in total. The van der Waals surface area contributed by atoms with Gasteiger partial charge in [0.25, 0.3) is 7.82 Å². The van der Waals surface area contributed by atoms with E-state index in [1.54, 1.807) is 52.4 Å². The maximum absolute atomic E-state index is 11.7. The van der Waals surface area contributed by atoms with Crippen molar-refractivity contribution < 1.29 is 97.1 Å². The second-order valence-electron chi connectivity index (χ2n) is 26.5. The van der Waals surface area contributed by atoms with Crippen molar-refractivity contribution in [2.24, 2.45) is 5.73 Å². The molecule has 8 aromatic carbocycles. The molecule has 0 saturated carbocycles. The molecule has 25 heteroatoms. The number of phosphoric acid groups is 1. The number of hydrogen-bond donors (Lipinski definition) is 3. The highest BCUT2D eigenvalue weighted by Crippen LogP contribution is 2.38. The molecule has 1 heterocycles. The lowest BCUT2D eigenvalue weighted by Gasteiger charge is -2.28. The maximum atomic E-state index is 11.7. The molecule has 1 saturated heterocycles. The number of carboxylic acid groups (broad SMARTS) is 1. The summed E-state index contributed by atoms with van der Waals surface area (Å²) in [7, 11) is 2.42. The van der Waals surface area contributed by atoms with Crippen molar-refractivity contribution >= 4 is 41.5 Å². The minimum absolute atomic E-state index is 0.0634. The number of quaternary nitrogens is 2. The number of ether oxygens (including phenoxy) is 5. The summed E-state index contributed by atoms with van der Waals surface area (Å²) in [6.45, 7) is 22.3. The van der Waals surface area contributed by atoms with E-state index in [1.165, 1.54) is 50.1 Å². The van der Waals surface area contributed by atoms with Gasteiger partial charge < -0.3 is 62.6 Å². The van der Waals surface area contributed by atoms with Crippen molar-refractivity contribution in [1.82, 2.24) is 0 Å². The van der Waals surface area contributed by atoms with E-state index in [0.29, 0.717) is 54.9 Å². The molecule has 4 N–H and O–H groups in total. The lowest BCUT2D eigenvalue weighted by molar-refractivity contribution is -0.887. The average molecular weight is 1570 g/mol. The zero-order valence-corrected chi connectivity index (χ0v) is 68.2. The van der Waals surface area contributed by atoms with Crippen LogP contribution >= 0.6 is 19.4 Å². The normalized spacial score (nSPS) is 12.3. The van der Waals surface area contributed by atoms with E-state index >= 15 is 0 Å². The fourth-order valence-electron chi connectivity index (χ4n) is 7.71. The van der Waals surface area contributed by atoms with Crippen LogP contribution in [-0.2, 0) is 79.2 Å². The van der Waals surface area contributed by atoms with Crippen molar-refractivity contribution in [3.63, 3.8) is 0 Å². The third kappa shape index (κ3) is 60.1. The van der Waals surface area contributed by atoms with Crippen LogP contribution in [0.15, 0.2) is 200 Å². The van der Waals surface area contributed by atoms with E-state index < -0.39 is 42.7 Å². The number of hydrogen-bond acceptors (Lipinski definition) is 16. The summed E-state index contributed by atoms with van der Waals surface area (Å²) >= 11 is 5.58.